The molecule has 2 heterocycles. The van der Waals surface area contributed by atoms with Crippen molar-refractivity contribution in [3.63, 3.8) is 0 Å². The molecule has 0 aromatic carbocycles. The van der Waals surface area contributed by atoms with Crippen molar-refractivity contribution in [1.82, 2.24) is 19.1 Å². The van der Waals surface area contributed by atoms with E-state index in [1.807, 2.05) is 13.4 Å². The first kappa shape index (κ1) is 9.57. The smallest absolute Gasteiger partial charge is 0.165 e. The predicted octanol–water partition coefficient (Wildman–Crippen LogP) is 1.36. The summed E-state index contributed by atoms with van der Waals surface area (Å²) in [5.74, 6) is 0. The Morgan fingerprint density at radius 1 is 1.25 bits per heavy atom. The molecular weight excluding hydrogens is 202 g/mol. The van der Waals surface area contributed by atoms with Crippen LogP contribution in [-0.2, 0) is 7.05 Å². The largest absolute Gasteiger partial charge is 0.319 e. The first-order valence-corrected chi connectivity index (χ1v) is 5.70. The number of imidazole rings is 1. The molecule has 0 unspecified atom stereocenters. The molecule has 1 saturated carbocycles. The zero-order valence-corrected chi connectivity index (χ0v) is 9.35. The van der Waals surface area contributed by atoms with Crippen LogP contribution in [0.2, 0.25) is 0 Å². The molecule has 0 radical (unpaired) electrons. The highest BCUT2D eigenvalue weighted by Gasteiger charge is 2.19. The molecule has 0 spiro atoms. The summed E-state index contributed by atoms with van der Waals surface area (Å²) in [7, 11) is 1.82. The molecule has 1 aliphatic rings. The minimum Gasteiger partial charge on any atom is -0.319 e. The monoisotopic (exact) mass is 217 g/mol. The predicted molar refractivity (Wildman–Crippen MR) is 59.9 cm³/mol. The molecule has 2 aromatic rings. The van der Waals surface area contributed by atoms with Gasteiger partial charge in [-0.25, -0.2) is 9.97 Å². The van der Waals surface area contributed by atoms with Crippen molar-refractivity contribution < 1.29 is 0 Å². The van der Waals surface area contributed by atoms with Gasteiger partial charge in [-0.05, 0) is 12.8 Å². The summed E-state index contributed by atoms with van der Waals surface area (Å²) in [6, 6.07) is 0.532. The van der Waals surface area contributed by atoms with E-state index in [9.17, 15) is 0 Å². The van der Waals surface area contributed by atoms with Gasteiger partial charge in [-0.2, -0.15) is 0 Å². The summed E-state index contributed by atoms with van der Waals surface area (Å²) in [5, 5.41) is 7.92. The lowest BCUT2D eigenvalue weighted by Gasteiger charge is -2.11. The Morgan fingerprint density at radius 3 is 2.75 bits per heavy atom. The second kappa shape index (κ2) is 3.43. The molecule has 2 aromatic heterocycles. The van der Waals surface area contributed by atoms with Gasteiger partial charge in [0.25, 0.3) is 0 Å². The van der Waals surface area contributed by atoms with E-state index in [1.165, 1.54) is 25.7 Å². The molecule has 3 rings (SSSR count). The lowest BCUT2D eigenvalue weighted by atomic mass is 10.2. The molecule has 5 heteroatoms. The quantitative estimate of drug-likeness (QED) is 0.784. The fraction of sp³-hybridized carbons (Fsp3) is 0.545. The first-order chi connectivity index (χ1) is 7.77. The number of aromatic nitrogens is 4. The van der Waals surface area contributed by atoms with Crippen molar-refractivity contribution in [3.8, 4) is 0 Å². The molecule has 1 N–H and O–H groups in total. The Labute approximate surface area is 93.3 Å². The van der Waals surface area contributed by atoms with E-state index in [1.54, 1.807) is 10.9 Å². The third-order valence-corrected chi connectivity index (χ3v) is 3.42. The maximum atomic E-state index is 7.92. The third-order valence-electron chi connectivity index (χ3n) is 3.42. The van der Waals surface area contributed by atoms with E-state index in [-0.39, 0.29) is 0 Å². The molecule has 84 valence electrons. The van der Waals surface area contributed by atoms with Crippen LogP contribution >= 0.6 is 0 Å². The maximum Gasteiger partial charge on any atom is 0.165 e. The van der Waals surface area contributed by atoms with Gasteiger partial charge in [0.1, 0.15) is 5.52 Å². The zero-order chi connectivity index (χ0) is 11.1. The van der Waals surface area contributed by atoms with Crippen molar-refractivity contribution in [1.29, 1.82) is 5.41 Å². The summed E-state index contributed by atoms with van der Waals surface area (Å²) in [5.41, 5.74) is 1.99. The van der Waals surface area contributed by atoms with Crippen molar-refractivity contribution in [3.05, 3.63) is 18.1 Å². The highest BCUT2D eigenvalue weighted by atomic mass is 15.2. The summed E-state index contributed by atoms with van der Waals surface area (Å²) < 4.78 is 3.83. The van der Waals surface area contributed by atoms with Gasteiger partial charge in [0.15, 0.2) is 11.1 Å². The molecule has 5 nitrogen and oxygen atoms in total. The van der Waals surface area contributed by atoms with Gasteiger partial charge in [-0.1, -0.05) is 12.8 Å². The van der Waals surface area contributed by atoms with Crippen molar-refractivity contribution >= 4 is 11.2 Å². The van der Waals surface area contributed by atoms with Crippen LogP contribution in [0.25, 0.3) is 11.2 Å². The van der Waals surface area contributed by atoms with Crippen LogP contribution in [-0.4, -0.2) is 19.1 Å². The molecule has 1 fully saturated rings. The SMILES string of the molecule is Cn1cnc2c(ncn2C2CCCC2)c1=N. The molecule has 0 bridgehead atoms. The zero-order valence-electron chi connectivity index (χ0n) is 9.35. The average Bonchev–Trinajstić information content (AvgIpc) is 2.91. The highest BCUT2D eigenvalue weighted by molar-refractivity contribution is 5.68. The normalized spacial score (nSPS) is 17.3. The lowest BCUT2D eigenvalue weighted by molar-refractivity contribution is 0.528. The fourth-order valence-corrected chi connectivity index (χ4v) is 2.47. The number of hydrogen-bond acceptors (Lipinski definition) is 3. The second-order valence-electron chi connectivity index (χ2n) is 4.47. The van der Waals surface area contributed by atoms with Gasteiger partial charge in [0, 0.05) is 13.1 Å². The molecule has 0 atom stereocenters. The Hall–Kier alpha value is -1.65. The Balaban J connectivity index is 2.20. The van der Waals surface area contributed by atoms with Crippen molar-refractivity contribution in [2.45, 2.75) is 31.7 Å². The Bertz CT molecular complexity index is 574. The van der Waals surface area contributed by atoms with Crippen LogP contribution < -0.4 is 5.49 Å². The molecule has 16 heavy (non-hydrogen) atoms. The van der Waals surface area contributed by atoms with Crippen molar-refractivity contribution in [2.75, 3.05) is 0 Å². The molecule has 0 saturated heterocycles. The summed E-state index contributed by atoms with van der Waals surface area (Å²) in [6.07, 6.45) is 8.53. The summed E-state index contributed by atoms with van der Waals surface area (Å²) in [4.78, 5) is 8.71. The van der Waals surface area contributed by atoms with Crippen LogP contribution in [0, 0.1) is 5.41 Å². The maximum absolute atomic E-state index is 7.92. The van der Waals surface area contributed by atoms with E-state index in [0.717, 1.165) is 5.65 Å². The number of aryl methyl sites for hydroxylation is 1. The second-order valence-corrected chi connectivity index (χ2v) is 4.47. The molecule has 0 aliphatic heterocycles. The van der Waals surface area contributed by atoms with Gasteiger partial charge in [-0.15, -0.1) is 0 Å². The topological polar surface area (TPSA) is 59.5 Å². The van der Waals surface area contributed by atoms with Crippen LogP contribution in [0.3, 0.4) is 0 Å². The van der Waals surface area contributed by atoms with Crippen LogP contribution in [0.1, 0.15) is 31.7 Å². The molecular formula is C11H15N5. The molecule has 0 amide bonds. The van der Waals surface area contributed by atoms with Gasteiger partial charge >= 0.3 is 0 Å². The Kier molecular flexibility index (Phi) is 2.05. The summed E-state index contributed by atoms with van der Waals surface area (Å²) in [6.45, 7) is 0. The van der Waals surface area contributed by atoms with Gasteiger partial charge < -0.3 is 9.13 Å². The lowest BCUT2D eigenvalue weighted by Crippen LogP contribution is -2.18. The highest BCUT2D eigenvalue weighted by Crippen LogP contribution is 2.30. The van der Waals surface area contributed by atoms with Crippen molar-refractivity contribution in [2.24, 2.45) is 7.05 Å². The third kappa shape index (κ3) is 1.27. The molecule has 1 aliphatic carbocycles. The van der Waals surface area contributed by atoms with E-state index in [0.29, 0.717) is 17.0 Å². The minimum atomic E-state index is 0.432. The number of nitrogens with one attached hydrogen (secondary N) is 1. The number of fused-ring (bicyclic) bond motifs is 1. The fourth-order valence-electron chi connectivity index (χ4n) is 2.47. The first-order valence-electron chi connectivity index (χ1n) is 5.70. The number of nitrogens with zero attached hydrogens (tertiary/aromatic N) is 4. The average molecular weight is 217 g/mol. The van der Waals surface area contributed by atoms with Crippen LogP contribution in [0.5, 0.6) is 0 Å². The number of hydrogen-bond donors (Lipinski definition) is 1. The Morgan fingerprint density at radius 2 is 2.00 bits per heavy atom. The van der Waals surface area contributed by atoms with Crippen LogP contribution in [0.4, 0.5) is 0 Å². The van der Waals surface area contributed by atoms with E-state index >= 15 is 0 Å². The van der Waals surface area contributed by atoms with Gasteiger partial charge in [0.05, 0.1) is 12.7 Å². The summed E-state index contributed by atoms with van der Waals surface area (Å²) >= 11 is 0. The van der Waals surface area contributed by atoms with E-state index < -0.39 is 0 Å². The number of rotatable bonds is 1. The van der Waals surface area contributed by atoms with Crippen LogP contribution in [0.15, 0.2) is 12.7 Å². The standard InChI is InChI=1S/C11H15N5/c1-15-6-14-11-9(10(15)12)13-7-16(11)8-4-2-3-5-8/h6-8,12H,2-5H2,1H3. The van der Waals surface area contributed by atoms with E-state index in [2.05, 4.69) is 14.5 Å². The van der Waals surface area contributed by atoms with Gasteiger partial charge in [0.2, 0.25) is 0 Å². The minimum absolute atomic E-state index is 0.432. The van der Waals surface area contributed by atoms with E-state index in [4.69, 9.17) is 5.41 Å². The van der Waals surface area contributed by atoms with Gasteiger partial charge in [-0.3, -0.25) is 5.41 Å².